The summed E-state index contributed by atoms with van der Waals surface area (Å²) in [6.07, 6.45) is 3.82. The summed E-state index contributed by atoms with van der Waals surface area (Å²) in [6, 6.07) is 3.94. The number of nitrogens with one attached hydrogen (secondary N) is 1. The van der Waals surface area contributed by atoms with E-state index in [-0.39, 0.29) is 6.10 Å². The lowest BCUT2D eigenvalue weighted by molar-refractivity contribution is -0.0191. The minimum Gasteiger partial charge on any atom is -0.381 e. The number of likely N-dealkylation sites (N-methyl/N-ethyl adjacent to an activating group) is 1. The van der Waals surface area contributed by atoms with E-state index >= 15 is 0 Å². The summed E-state index contributed by atoms with van der Waals surface area (Å²) in [4.78, 5) is 11.2. The lowest BCUT2D eigenvalue weighted by Crippen LogP contribution is -2.45. The molecule has 6 heteroatoms. The number of nitrogens with zero attached hydrogens (tertiary/aromatic N) is 3. The monoisotopic (exact) mass is 350 g/mol. The summed E-state index contributed by atoms with van der Waals surface area (Å²) in [7, 11) is 0. The van der Waals surface area contributed by atoms with Gasteiger partial charge < -0.3 is 10.1 Å². The van der Waals surface area contributed by atoms with E-state index in [1.165, 1.54) is 0 Å². The van der Waals surface area contributed by atoms with Gasteiger partial charge in [0.15, 0.2) is 0 Å². The minimum absolute atomic E-state index is 0.220. The summed E-state index contributed by atoms with van der Waals surface area (Å²) in [5.41, 5.74) is 2.78. The van der Waals surface area contributed by atoms with Gasteiger partial charge in [0.1, 0.15) is 5.52 Å². The second-order valence-corrected chi connectivity index (χ2v) is 6.06. The van der Waals surface area contributed by atoms with Gasteiger partial charge in [0.25, 0.3) is 0 Å². The second kappa shape index (κ2) is 6.68. The average Bonchev–Trinajstić information content (AvgIpc) is 2.52. The van der Waals surface area contributed by atoms with Gasteiger partial charge in [0, 0.05) is 36.5 Å². The zero-order valence-electron chi connectivity index (χ0n) is 12.1. The van der Waals surface area contributed by atoms with Crippen LogP contribution in [-0.4, -0.2) is 53.8 Å². The van der Waals surface area contributed by atoms with Gasteiger partial charge in [-0.25, -0.2) is 0 Å². The normalized spacial score (nSPS) is 19.8. The van der Waals surface area contributed by atoms with E-state index in [1.54, 1.807) is 12.4 Å². The lowest BCUT2D eigenvalue weighted by atomic mass is 10.2. The number of hydrogen-bond acceptors (Lipinski definition) is 5. The zero-order valence-corrected chi connectivity index (χ0v) is 13.6. The van der Waals surface area contributed by atoms with Crippen molar-refractivity contribution >= 4 is 32.7 Å². The van der Waals surface area contributed by atoms with Crippen LogP contribution in [0.5, 0.6) is 0 Å². The smallest absolute Gasteiger partial charge is 0.112 e. The molecule has 21 heavy (non-hydrogen) atoms. The molecule has 2 aromatic heterocycles. The third-order valence-corrected chi connectivity index (χ3v) is 4.17. The first-order valence-corrected chi connectivity index (χ1v) is 8.03. The predicted molar refractivity (Wildman–Crippen MR) is 87.6 cm³/mol. The quantitative estimate of drug-likeness (QED) is 0.918. The number of aromatic nitrogens is 2. The van der Waals surface area contributed by atoms with Crippen molar-refractivity contribution < 1.29 is 4.74 Å². The molecule has 3 heterocycles. The van der Waals surface area contributed by atoms with Crippen molar-refractivity contribution in [1.29, 1.82) is 0 Å². The van der Waals surface area contributed by atoms with Crippen molar-refractivity contribution in [2.75, 3.05) is 38.1 Å². The van der Waals surface area contributed by atoms with Gasteiger partial charge in [-0.1, -0.05) is 6.92 Å². The zero-order chi connectivity index (χ0) is 14.7. The molecule has 1 saturated heterocycles. The van der Waals surface area contributed by atoms with E-state index in [9.17, 15) is 0 Å². The van der Waals surface area contributed by atoms with Crippen molar-refractivity contribution in [3.63, 3.8) is 0 Å². The molecule has 0 aromatic carbocycles. The third kappa shape index (κ3) is 3.51. The molecule has 1 unspecified atom stereocenters. The Morgan fingerprint density at radius 1 is 1.48 bits per heavy atom. The minimum atomic E-state index is 0.220. The van der Waals surface area contributed by atoms with Crippen molar-refractivity contribution in [2.45, 2.75) is 13.0 Å². The number of morpholine rings is 1. The van der Waals surface area contributed by atoms with Crippen molar-refractivity contribution in [1.82, 2.24) is 14.9 Å². The maximum absolute atomic E-state index is 5.82. The summed E-state index contributed by atoms with van der Waals surface area (Å²) in [6.45, 7) is 6.86. The molecule has 112 valence electrons. The molecule has 5 nitrogen and oxygen atoms in total. The number of halogens is 1. The van der Waals surface area contributed by atoms with Crippen LogP contribution in [0.2, 0.25) is 0 Å². The van der Waals surface area contributed by atoms with Crippen LogP contribution in [0.3, 0.4) is 0 Å². The highest BCUT2D eigenvalue weighted by molar-refractivity contribution is 9.10. The standard InChI is InChI=1S/C15H19BrN4O/c1-2-20-5-6-21-12(10-20)9-18-13-3-4-17-14-7-11(16)8-19-15(13)14/h3-4,7-8,12H,2,5-6,9-10H2,1H3,(H,17,18). The molecule has 1 fully saturated rings. The number of rotatable bonds is 4. The Kier molecular flexibility index (Phi) is 4.67. The fourth-order valence-corrected chi connectivity index (χ4v) is 2.88. The van der Waals surface area contributed by atoms with Crippen LogP contribution in [0, 0.1) is 0 Å². The van der Waals surface area contributed by atoms with E-state index in [4.69, 9.17) is 4.74 Å². The molecule has 1 aliphatic rings. The van der Waals surface area contributed by atoms with Gasteiger partial charge in [-0.15, -0.1) is 0 Å². The Labute approximate surface area is 132 Å². The first-order valence-electron chi connectivity index (χ1n) is 7.24. The van der Waals surface area contributed by atoms with E-state index in [0.29, 0.717) is 0 Å². The molecule has 0 aliphatic carbocycles. The fraction of sp³-hybridized carbons (Fsp3) is 0.467. The van der Waals surface area contributed by atoms with Gasteiger partial charge >= 0.3 is 0 Å². The van der Waals surface area contributed by atoms with E-state index in [0.717, 1.165) is 54.0 Å². The molecule has 3 rings (SSSR count). The van der Waals surface area contributed by atoms with Gasteiger partial charge in [0.2, 0.25) is 0 Å². The second-order valence-electron chi connectivity index (χ2n) is 5.15. The Balaban J connectivity index is 1.70. The van der Waals surface area contributed by atoms with E-state index in [1.807, 2.05) is 12.1 Å². The Hall–Kier alpha value is -1.24. The van der Waals surface area contributed by atoms with Crippen LogP contribution in [0.15, 0.2) is 29.0 Å². The molecular weight excluding hydrogens is 332 g/mol. The van der Waals surface area contributed by atoms with E-state index < -0.39 is 0 Å². The highest BCUT2D eigenvalue weighted by Gasteiger charge is 2.19. The van der Waals surface area contributed by atoms with Crippen LogP contribution in [0.25, 0.3) is 11.0 Å². The Morgan fingerprint density at radius 3 is 3.24 bits per heavy atom. The van der Waals surface area contributed by atoms with Gasteiger partial charge in [-0.3, -0.25) is 14.9 Å². The van der Waals surface area contributed by atoms with Gasteiger partial charge in [0.05, 0.1) is 23.9 Å². The summed E-state index contributed by atoms with van der Waals surface area (Å²) in [5.74, 6) is 0. The molecule has 0 amide bonds. The molecule has 1 aliphatic heterocycles. The van der Waals surface area contributed by atoms with Crippen LogP contribution in [0.4, 0.5) is 5.69 Å². The fourth-order valence-electron chi connectivity index (χ4n) is 2.56. The molecule has 0 spiro atoms. The van der Waals surface area contributed by atoms with E-state index in [2.05, 4.69) is 43.0 Å². The molecule has 0 radical (unpaired) electrons. The SMILES string of the molecule is CCN1CCOC(CNc2ccnc3cc(Br)cnc23)C1. The van der Waals surface area contributed by atoms with Crippen molar-refractivity contribution in [2.24, 2.45) is 0 Å². The number of hydrogen-bond donors (Lipinski definition) is 1. The van der Waals surface area contributed by atoms with Crippen LogP contribution < -0.4 is 5.32 Å². The van der Waals surface area contributed by atoms with Crippen molar-refractivity contribution in [3.8, 4) is 0 Å². The summed E-state index contributed by atoms with van der Waals surface area (Å²) < 4.78 is 6.75. The highest BCUT2D eigenvalue weighted by Crippen LogP contribution is 2.22. The first-order chi connectivity index (χ1) is 10.3. The van der Waals surface area contributed by atoms with Gasteiger partial charge in [-0.05, 0) is 34.6 Å². The van der Waals surface area contributed by atoms with Crippen LogP contribution in [0.1, 0.15) is 6.92 Å². The number of ether oxygens (including phenoxy) is 1. The molecular formula is C15H19BrN4O. The highest BCUT2D eigenvalue weighted by atomic mass is 79.9. The maximum Gasteiger partial charge on any atom is 0.112 e. The van der Waals surface area contributed by atoms with Crippen LogP contribution >= 0.6 is 15.9 Å². The lowest BCUT2D eigenvalue weighted by Gasteiger charge is -2.32. The largest absolute Gasteiger partial charge is 0.381 e. The summed E-state index contributed by atoms with van der Waals surface area (Å²) >= 11 is 3.42. The molecule has 0 bridgehead atoms. The van der Waals surface area contributed by atoms with Gasteiger partial charge in [-0.2, -0.15) is 0 Å². The molecule has 0 saturated carbocycles. The number of anilines is 1. The molecule has 2 aromatic rings. The molecule has 1 atom stereocenters. The third-order valence-electron chi connectivity index (χ3n) is 3.73. The predicted octanol–water partition coefficient (Wildman–Crippen LogP) is 2.52. The average molecular weight is 351 g/mol. The Morgan fingerprint density at radius 2 is 2.38 bits per heavy atom. The van der Waals surface area contributed by atoms with Crippen molar-refractivity contribution in [3.05, 3.63) is 29.0 Å². The number of fused-ring (bicyclic) bond motifs is 1. The Bertz CT molecular complexity index is 622. The maximum atomic E-state index is 5.82. The first kappa shape index (κ1) is 14.7. The molecule has 1 N–H and O–H groups in total. The van der Waals surface area contributed by atoms with Crippen LogP contribution in [-0.2, 0) is 4.74 Å². The summed E-state index contributed by atoms with van der Waals surface area (Å²) in [5, 5.41) is 3.45. The topological polar surface area (TPSA) is 50.3 Å². The number of pyridine rings is 2.